The number of anilines is 2. The lowest BCUT2D eigenvalue weighted by molar-refractivity contribution is 0.144. The van der Waals surface area contributed by atoms with Crippen LogP contribution in [0.25, 0.3) is 0 Å². The molecule has 0 atom stereocenters. The van der Waals surface area contributed by atoms with Gasteiger partial charge in [0.25, 0.3) is 0 Å². The zero-order chi connectivity index (χ0) is 9.68. The minimum atomic E-state index is 0.104. The Hall–Kier alpha value is -1.56. The first-order valence-corrected chi connectivity index (χ1v) is 3.74. The monoisotopic (exact) mass is 184 g/mol. The predicted octanol–water partition coefficient (Wildman–Crippen LogP) is -0.334. The van der Waals surface area contributed by atoms with Crippen molar-refractivity contribution in [1.29, 1.82) is 0 Å². The molecule has 1 aromatic rings. The second kappa shape index (κ2) is 4.46. The minimum absolute atomic E-state index is 0.104. The Morgan fingerprint density at radius 1 is 1.31 bits per heavy atom. The number of methoxy groups -OCH3 is 1. The molecule has 4 N–H and O–H groups in total. The fourth-order valence-electron chi connectivity index (χ4n) is 0.765. The summed E-state index contributed by atoms with van der Waals surface area (Å²) in [4.78, 5) is 7.51. The van der Waals surface area contributed by atoms with Crippen molar-refractivity contribution in [1.82, 2.24) is 9.97 Å². The molecule has 1 heterocycles. The van der Waals surface area contributed by atoms with Gasteiger partial charge in [0.1, 0.15) is 12.4 Å². The summed E-state index contributed by atoms with van der Waals surface area (Å²) >= 11 is 0. The standard InChI is InChI=1S/C7H12N4O2/c1-12-2-3-13-6-4-5(8)10-7(9)11-6/h4H,2-3H2,1H3,(H4,8,9,10,11). The van der Waals surface area contributed by atoms with Crippen LogP contribution in [0.5, 0.6) is 5.88 Å². The number of ether oxygens (including phenoxy) is 2. The SMILES string of the molecule is COCCOc1cc(N)nc(N)n1. The Balaban J connectivity index is 2.56. The third-order valence-corrected chi connectivity index (χ3v) is 1.28. The lowest BCUT2D eigenvalue weighted by atomic mass is 10.5. The third kappa shape index (κ3) is 3.12. The highest BCUT2D eigenvalue weighted by atomic mass is 16.5. The van der Waals surface area contributed by atoms with Gasteiger partial charge in [0.15, 0.2) is 0 Å². The second-order valence-corrected chi connectivity index (χ2v) is 2.33. The number of hydrogen-bond donors (Lipinski definition) is 2. The molecule has 0 aromatic carbocycles. The van der Waals surface area contributed by atoms with E-state index in [9.17, 15) is 0 Å². The molecule has 0 aliphatic rings. The van der Waals surface area contributed by atoms with Crippen molar-refractivity contribution < 1.29 is 9.47 Å². The Morgan fingerprint density at radius 3 is 2.69 bits per heavy atom. The minimum Gasteiger partial charge on any atom is -0.475 e. The zero-order valence-electron chi connectivity index (χ0n) is 7.36. The molecular formula is C7H12N4O2. The first-order chi connectivity index (χ1) is 6.22. The molecule has 1 rings (SSSR count). The number of aromatic nitrogens is 2. The van der Waals surface area contributed by atoms with Gasteiger partial charge in [-0.2, -0.15) is 9.97 Å². The molecule has 6 heteroatoms. The van der Waals surface area contributed by atoms with Crippen LogP contribution in [0, 0.1) is 0 Å². The fourth-order valence-corrected chi connectivity index (χ4v) is 0.765. The van der Waals surface area contributed by atoms with Crippen molar-refractivity contribution in [3.63, 3.8) is 0 Å². The quantitative estimate of drug-likeness (QED) is 0.622. The summed E-state index contributed by atoms with van der Waals surface area (Å²) < 4.78 is 9.97. The first-order valence-electron chi connectivity index (χ1n) is 3.74. The maximum atomic E-state index is 5.42. The van der Waals surface area contributed by atoms with Crippen molar-refractivity contribution in [2.24, 2.45) is 0 Å². The van der Waals surface area contributed by atoms with E-state index >= 15 is 0 Å². The molecule has 0 aliphatic heterocycles. The van der Waals surface area contributed by atoms with Crippen molar-refractivity contribution in [2.45, 2.75) is 0 Å². The molecule has 0 amide bonds. The zero-order valence-corrected chi connectivity index (χ0v) is 7.36. The number of hydrogen-bond acceptors (Lipinski definition) is 6. The molecule has 0 fully saturated rings. The molecule has 0 saturated carbocycles. The van der Waals surface area contributed by atoms with Gasteiger partial charge in [-0.25, -0.2) is 0 Å². The molecule has 0 unspecified atom stereocenters. The summed E-state index contributed by atoms with van der Waals surface area (Å²) in [5.74, 6) is 0.759. The maximum absolute atomic E-state index is 5.42. The van der Waals surface area contributed by atoms with Crippen molar-refractivity contribution in [3.8, 4) is 5.88 Å². The van der Waals surface area contributed by atoms with Crippen LogP contribution < -0.4 is 16.2 Å². The highest BCUT2D eigenvalue weighted by molar-refractivity contribution is 5.38. The Bertz CT molecular complexity index is 259. The van der Waals surface area contributed by atoms with E-state index in [0.29, 0.717) is 24.9 Å². The van der Waals surface area contributed by atoms with E-state index in [1.165, 1.54) is 6.07 Å². The van der Waals surface area contributed by atoms with E-state index in [1.807, 2.05) is 0 Å². The highest BCUT2D eigenvalue weighted by Crippen LogP contribution is 2.11. The molecule has 0 radical (unpaired) electrons. The summed E-state index contributed by atoms with van der Waals surface area (Å²) in [5.41, 5.74) is 10.8. The fraction of sp³-hybridized carbons (Fsp3) is 0.429. The van der Waals surface area contributed by atoms with E-state index in [1.54, 1.807) is 7.11 Å². The molecule has 0 spiro atoms. The van der Waals surface area contributed by atoms with E-state index in [-0.39, 0.29) is 5.95 Å². The Kier molecular flexibility index (Phi) is 3.27. The molecular weight excluding hydrogens is 172 g/mol. The van der Waals surface area contributed by atoms with E-state index < -0.39 is 0 Å². The van der Waals surface area contributed by atoms with Gasteiger partial charge < -0.3 is 20.9 Å². The van der Waals surface area contributed by atoms with Gasteiger partial charge in [-0.15, -0.1) is 0 Å². The third-order valence-electron chi connectivity index (χ3n) is 1.28. The van der Waals surface area contributed by atoms with Crippen LogP contribution in [0.4, 0.5) is 11.8 Å². The predicted molar refractivity (Wildman–Crippen MR) is 48.2 cm³/mol. The van der Waals surface area contributed by atoms with Crippen LogP contribution in [0.15, 0.2) is 6.07 Å². The smallest absolute Gasteiger partial charge is 0.225 e. The van der Waals surface area contributed by atoms with Gasteiger partial charge in [-0.3, -0.25) is 0 Å². The van der Waals surface area contributed by atoms with Crippen LogP contribution in [0.1, 0.15) is 0 Å². The number of nitrogens with two attached hydrogens (primary N) is 2. The molecule has 0 aliphatic carbocycles. The first kappa shape index (κ1) is 9.53. The normalized spacial score (nSPS) is 9.92. The molecule has 13 heavy (non-hydrogen) atoms. The van der Waals surface area contributed by atoms with Crippen molar-refractivity contribution in [3.05, 3.63) is 6.07 Å². The summed E-state index contributed by atoms with van der Waals surface area (Å²) in [6.07, 6.45) is 0. The van der Waals surface area contributed by atoms with Gasteiger partial charge in [0, 0.05) is 13.2 Å². The molecule has 0 bridgehead atoms. The maximum Gasteiger partial charge on any atom is 0.225 e. The molecule has 1 aromatic heterocycles. The number of rotatable bonds is 4. The van der Waals surface area contributed by atoms with Crippen molar-refractivity contribution in [2.75, 3.05) is 31.8 Å². The van der Waals surface area contributed by atoms with Gasteiger partial charge in [-0.05, 0) is 0 Å². The van der Waals surface area contributed by atoms with Gasteiger partial charge in [-0.1, -0.05) is 0 Å². The van der Waals surface area contributed by atoms with Gasteiger partial charge in [0.05, 0.1) is 6.61 Å². The van der Waals surface area contributed by atoms with Crippen LogP contribution in [0.2, 0.25) is 0 Å². The van der Waals surface area contributed by atoms with Gasteiger partial charge in [0.2, 0.25) is 11.8 Å². The van der Waals surface area contributed by atoms with Crippen LogP contribution in [-0.4, -0.2) is 30.3 Å². The van der Waals surface area contributed by atoms with Crippen LogP contribution in [-0.2, 0) is 4.74 Å². The lowest BCUT2D eigenvalue weighted by Gasteiger charge is -2.04. The summed E-state index contributed by atoms with van der Waals surface area (Å²) in [7, 11) is 1.59. The summed E-state index contributed by atoms with van der Waals surface area (Å²) in [6.45, 7) is 0.899. The molecule has 6 nitrogen and oxygen atoms in total. The molecule has 0 saturated heterocycles. The lowest BCUT2D eigenvalue weighted by Crippen LogP contribution is -2.07. The second-order valence-electron chi connectivity index (χ2n) is 2.33. The van der Waals surface area contributed by atoms with Gasteiger partial charge >= 0.3 is 0 Å². The van der Waals surface area contributed by atoms with E-state index in [2.05, 4.69) is 9.97 Å². The number of nitrogen functional groups attached to an aromatic ring is 2. The van der Waals surface area contributed by atoms with E-state index in [4.69, 9.17) is 20.9 Å². The topological polar surface area (TPSA) is 96.3 Å². The summed E-state index contributed by atoms with van der Waals surface area (Å²) in [6, 6.07) is 1.51. The Labute approximate surface area is 75.9 Å². The van der Waals surface area contributed by atoms with Crippen LogP contribution in [0.3, 0.4) is 0 Å². The van der Waals surface area contributed by atoms with Crippen LogP contribution >= 0.6 is 0 Å². The summed E-state index contributed by atoms with van der Waals surface area (Å²) in [5, 5.41) is 0. The Morgan fingerprint density at radius 2 is 2.08 bits per heavy atom. The highest BCUT2D eigenvalue weighted by Gasteiger charge is 1.99. The molecule has 72 valence electrons. The van der Waals surface area contributed by atoms with E-state index in [0.717, 1.165) is 0 Å². The largest absolute Gasteiger partial charge is 0.475 e. The van der Waals surface area contributed by atoms with Crippen molar-refractivity contribution >= 4 is 11.8 Å². The average Bonchev–Trinajstić information content (AvgIpc) is 2.03. The number of nitrogens with zero attached hydrogens (tertiary/aromatic N) is 2. The average molecular weight is 184 g/mol.